The molecule has 7 rings (SSSR count). The third-order valence-electron chi connectivity index (χ3n) is 10.7. The monoisotopic (exact) mass is 812 g/mol. The van der Waals surface area contributed by atoms with Gasteiger partial charge in [0.05, 0.1) is 18.7 Å². The molecule has 1 aliphatic carbocycles. The molecular formula is C46H44N4O10. The number of fused-ring (bicyclic) bond motifs is 1. The van der Waals surface area contributed by atoms with Crippen LogP contribution in [0.5, 0.6) is 17.2 Å². The number of aliphatic hydroxyl groups is 2. The Morgan fingerprint density at radius 3 is 2.20 bits per heavy atom. The maximum Gasteiger partial charge on any atom is 0.345 e. The number of phenolic OH excluding ortho intramolecular Hbond substituents is 1. The number of hydrogen-bond acceptors (Lipinski definition) is 10. The summed E-state index contributed by atoms with van der Waals surface area (Å²) in [5, 5.41) is 51.9. The summed E-state index contributed by atoms with van der Waals surface area (Å²) in [6.07, 6.45) is 0.198. The van der Waals surface area contributed by atoms with E-state index >= 15 is 0 Å². The lowest BCUT2D eigenvalue weighted by Gasteiger charge is -2.36. The summed E-state index contributed by atoms with van der Waals surface area (Å²) in [5.41, 5.74) is 0.989. The van der Waals surface area contributed by atoms with Crippen LogP contribution in [0.1, 0.15) is 67.5 Å². The third kappa shape index (κ3) is 9.00. The standard InChI is InChI=1S/C46H44N4O10/c1-59-40-20-29(14-15-30(40)24-47-25-39(52)36-16-18-38(51)42-37(36)17-19-41(53)50-42)44(55)49-34-22-33(23-34)48-43(54)28-12-10-27(11-13-28)26-60-35-9-5-8-32(21-35)46(58,45(56)57)31-6-3-2-4-7-31/h2-21,33-34,39,47,51-52,58H,22-26H2,1H3,(H,48,54)(H,49,55)(H,50,53)(H,56,57)/t33?,34?,39-,46-/m0/s1. The fraction of sp³-hybridized carbons (Fsp3) is 0.217. The van der Waals surface area contributed by atoms with Crippen LogP contribution in [-0.2, 0) is 23.5 Å². The number of nitrogens with one attached hydrogen (secondary N) is 4. The maximum atomic E-state index is 13.1. The Balaban J connectivity index is 0.856. The molecule has 308 valence electrons. The van der Waals surface area contributed by atoms with Crippen LogP contribution in [0.4, 0.5) is 0 Å². The topological polar surface area (TPSA) is 220 Å². The lowest BCUT2D eigenvalue weighted by molar-refractivity contribution is -0.155. The summed E-state index contributed by atoms with van der Waals surface area (Å²) in [4.78, 5) is 52.6. The highest BCUT2D eigenvalue weighted by atomic mass is 16.5. The van der Waals surface area contributed by atoms with Crippen LogP contribution < -0.4 is 31.0 Å². The minimum absolute atomic E-state index is 0.0870. The minimum atomic E-state index is -2.25. The third-order valence-corrected chi connectivity index (χ3v) is 10.7. The Morgan fingerprint density at radius 1 is 0.817 bits per heavy atom. The number of carboxylic acids is 1. The van der Waals surface area contributed by atoms with Crippen LogP contribution >= 0.6 is 0 Å². The molecule has 0 aliphatic heterocycles. The summed E-state index contributed by atoms with van der Waals surface area (Å²) >= 11 is 0. The zero-order valence-corrected chi connectivity index (χ0v) is 32.6. The first-order valence-corrected chi connectivity index (χ1v) is 19.3. The molecular weight excluding hydrogens is 769 g/mol. The highest BCUT2D eigenvalue weighted by Gasteiger charge is 2.40. The van der Waals surface area contributed by atoms with E-state index in [1.54, 1.807) is 97.1 Å². The summed E-state index contributed by atoms with van der Waals surface area (Å²) in [5.74, 6) is -1.14. The molecule has 14 nitrogen and oxygen atoms in total. The molecule has 0 bridgehead atoms. The fourth-order valence-corrected chi connectivity index (χ4v) is 7.25. The molecule has 1 saturated carbocycles. The van der Waals surface area contributed by atoms with Gasteiger partial charge >= 0.3 is 5.97 Å². The van der Waals surface area contributed by atoms with Gasteiger partial charge in [-0.15, -0.1) is 0 Å². The number of aromatic amines is 1. The minimum Gasteiger partial charge on any atom is -0.506 e. The SMILES string of the molecule is COc1cc(C(=O)NC2CC(NC(=O)c3ccc(COc4cccc([C@](O)(C(=O)O)c5ccccc5)c4)cc3)C2)ccc1CNC[C@H](O)c1ccc(O)c2[nH]c(=O)ccc12. The van der Waals surface area contributed by atoms with E-state index in [0.29, 0.717) is 53.0 Å². The van der Waals surface area contributed by atoms with Crippen molar-refractivity contribution >= 4 is 28.7 Å². The highest BCUT2D eigenvalue weighted by Crippen LogP contribution is 2.33. The van der Waals surface area contributed by atoms with E-state index in [-0.39, 0.29) is 65.0 Å². The summed E-state index contributed by atoms with van der Waals surface area (Å²) in [6, 6.07) is 32.2. The molecule has 2 atom stereocenters. The number of aromatic hydroxyl groups is 1. The molecule has 0 spiro atoms. The van der Waals surface area contributed by atoms with E-state index in [2.05, 4.69) is 20.9 Å². The Hall–Kier alpha value is -7.00. The average molecular weight is 813 g/mol. The molecule has 0 saturated heterocycles. The van der Waals surface area contributed by atoms with Crippen molar-refractivity contribution in [2.45, 2.75) is 49.8 Å². The number of carbonyl (C=O) groups is 3. The second kappa shape index (κ2) is 17.9. The Labute approximate surface area is 344 Å². The lowest BCUT2D eigenvalue weighted by atomic mass is 9.86. The number of aromatic nitrogens is 1. The lowest BCUT2D eigenvalue weighted by Crippen LogP contribution is -2.53. The molecule has 1 fully saturated rings. The molecule has 1 aromatic heterocycles. The highest BCUT2D eigenvalue weighted by molar-refractivity contribution is 5.96. The van der Waals surface area contributed by atoms with Crippen molar-refractivity contribution in [1.29, 1.82) is 0 Å². The van der Waals surface area contributed by atoms with Crippen molar-refractivity contribution in [2.75, 3.05) is 13.7 Å². The Morgan fingerprint density at radius 2 is 1.50 bits per heavy atom. The zero-order valence-electron chi connectivity index (χ0n) is 32.6. The summed E-state index contributed by atoms with van der Waals surface area (Å²) in [6.45, 7) is 0.649. The number of rotatable bonds is 16. The number of aliphatic carboxylic acids is 1. The summed E-state index contributed by atoms with van der Waals surface area (Å²) in [7, 11) is 1.51. The number of benzene rings is 5. The molecule has 2 amide bonds. The van der Waals surface area contributed by atoms with Crippen LogP contribution in [-0.4, -0.2) is 68.9 Å². The van der Waals surface area contributed by atoms with E-state index < -0.39 is 17.7 Å². The molecule has 0 radical (unpaired) electrons. The van der Waals surface area contributed by atoms with Gasteiger partial charge in [0.15, 0.2) is 0 Å². The maximum absolute atomic E-state index is 13.1. The van der Waals surface area contributed by atoms with Crippen LogP contribution in [0.3, 0.4) is 0 Å². The van der Waals surface area contributed by atoms with E-state index in [1.807, 2.05) is 0 Å². The first-order valence-electron chi connectivity index (χ1n) is 19.3. The molecule has 8 N–H and O–H groups in total. The van der Waals surface area contributed by atoms with Crippen LogP contribution in [0.25, 0.3) is 10.9 Å². The molecule has 5 aromatic carbocycles. The van der Waals surface area contributed by atoms with Crippen LogP contribution in [0.2, 0.25) is 0 Å². The predicted octanol–water partition coefficient (Wildman–Crippen LogP) is 4.66. The molecule has 1 aliphatic rings. The van der Waals surface area contributed by atoms with Gasteiger partial charge in [0.1, 0.15) is 23.9 Å². The molecule has 1 heterocycles. The van der Waals surface area contributed by atoms with E-state index in [9.17, 15) is 39.6 Å². The normalized spacial score (nSPS) is 16.2. The van der Waals surface area contributed by atoms with Gasteiger partial charge in [0.2, 0.25) is 11.2 Å². The van der Waals surface area contributed by atoms with Gasteiger partial charge in [-0.1, -0.05) is 66.7 Å². The molecule has 0 unspecified atom stereocenters. The van der Waals surface area contributed by atoms with Crippen molar-refractivity contribution in [1.82, 2.24) is 20.9 Å². The first-order chi connectivity index (χ1) is 28.9. The van der Waals surface area contributed by atoms with Gasteiger partial charge in [0.25, 0.3) is 11.8 Å². The first kappa shape index (κ1) is 41.2. The van der Waals surface area contributed by atoms with Gasteiger partial charge in [-0.05, 0) is 78.1 Å². The number of amides is 2. The quantitative estimate of drug-likeness (QED) is 0.0672. The Bertz CT molecular complexity index is 2570. The van der Waals surface area contributed by atoms with E-state index in [0.717, 1.165) is 11.1 Å². The molecule has 14 heteroatoms. The van der Waals surface area contributed by atoms with Crippen LogP contribution in [0, 0.1) is 0 Å². The van der Waals surface area contributed by atoms with Gasteiger partial charge in [-0.2, -0.15) is 0 Å². The Kier molecular flexibility index (Phi) is 12.3. The van der Waals surface area contributed by atoms with Gasteiger partial charge in [-0.25, -0.2) is 4.79 Å². The van der Waals surface area contributed by atoms with E-state index in [1.165, 1.54) is 31.4 Å². The zero-order chi connectivity index (χ0) is 42.4. The van der Waals surface area contributed by atoms with Gasteiger partial charge < -0.3 is 50.8 Å². The number of carboxylic acid groups (broad SMARTS) is 1. The van der Waals surface area contributed by atoms with Crippen molar-refractivity contribution < 1.29 is 44.3 Å². The number of pyridine rings is 1. The van der Waals surface area contributed by atoms with Crippen molar-refractivity contribution in [3.63, 3.8) is 0 Å². The van der Waals surface area contributed by atoms with Gasteiger partial charge in [0, 0.05) is 58.9 Å². The predicted molar refractivity (Wildman–Crippen MR) is 222 cm³/mol. The second-order valence-electron chi connectivity index (χ2n) is 14.7. The molecule has 6 aromatic rings. The number of methoxy groups -OCH3 is 1. The van der Waals surface area contributed by atoms with E-state index in [4.69, 9.17) is 9.47 Å². The summed E-state index contributed by atoms with van der Waals surface area (Å²) < 4.78 is 11.5. The van der Waals surface area contributed by atoms with Crippen molar-refractivity contribution in [3.8, 4) is 17.2 Å². The number of phenols is 1. The van der Waals surface area contributed by atoms with Crippen molar-refractivity contribution in [3.05, 3.63) is 171 Å². The van der Waals surface area contributed by atoms with Gasteiger partial charge in [-0.3, -0.25) is 14.4 Å². The number of carbonyl (C=O) groups excluding carboxylic acids is 2. The number of hydrogen-bond donors (Lipinski definition) is 8. The van der Waals surface area contributed by atoms with Crippen molar-refractivity contribution in [2.24, 2.45) is 0 Å². The number of aliphatic hydroxyl groups excluding tert-OH is 1. The fourth-order valence-electron chi connectivity index (χ4n) is 7.25. The second-order valence-corrected chi connectivity index (χ2v) is 14.7. The van der Waals surface area contributed by atoms with Crippen LogP contribution in [0.15, 0.2) is 126 Å². The average Bonchev–Trinajstić information content (AvgIpc) is 3.25. The largest absolute Gasteiger partial charge is 0.506 e. The smallest absolute Gasteiger partial charge is 0.345 e. The number of ether oxygens (including phenoxy) is 2. The molecule has 60 heavy (non-hydrogen) atoms. The number of H-pyrrole nitrogens is 1.